The zero-order valence-electron chi connectivity index (χ0n) is 25.0. The molecule has 0 bridgehead atoms. The molecule has 43 heavy (non-hydrogen) atoms. The highest BCUT2D eigenvalue weighted by Gasteiger charge is 2.42. The van der Waals surface area contributed by atoms with Gasteiger partial charge in [-0.2, -0.15) is 0 Å². The third kappa shape index (κ3) is 7.03. The van der Waals surface area contributed by atoms with Crippen LogP contribution in [0.1, 0.15) is 40.5 Å². The Morgan fingerprint density at radius 1 is 1.19 bits per heavy atom. The molecule has 11 nitrogen and oxygen atoms in total. The van der Waals surface area contributed by atoms with E-state index in [1.807, 2.05) is 20.8 Å². The maximum Gasteiger partial charge on any atom is 0.257 e. The number of carbonyl (C=O) groups is 3. The third-order valence-corrected chi connectivity index (χ3v) is 7.67. The zero-order valence-corrected chi connectivity index (χ0v) is 25.8. The maximum absolute atomic E-state index is 14.5. The van der Waals surface area contributed by atoms with Crippen molar-refractivity contribution in [1.82, 2.24) is 25.9 Å². The lowest BCUT2D eigenvalue weighted by Gasteiger charge is -2.36. The molecule has 0 aliphatic carbocycles. The summed E-state index contributed by atoms with van der Waals surface area (Å²) in [5, 5.41) is 12.4. The Morgan fingerprint density at radius 3 is 2.53 bits per heavy atom. The molecule has 0 saturated carbocycles. The number of hydrogen-bond acceptors (Lipinski definition) is 9. The van der Waals surface area contributed by atoms with Gasteiger partial charge in [-0.05, 0) is 63.0 Å². The first-order valence-electron chi connectivity index (χ1n) is 14.0. The summed E-state index contributed by atoms with van der Waals surface area (Å²) in [6.07, 6.45) is 2.66. The van der Waals surface area contributed by atoms with E-state index in [4.69, 9.17) is 16.3 Å². The van der Waals surface area contributed by atoms with E-state index in [1.54, 1.807) is 26.1 Å². The smallest absolute Gasteiger partial charge is 0.257 e. The number of fused-ring (bicyclic) bond motifs is 1. The molecule has 4 N–H and O–H groups in total. The van der Waals surface area contributed by atoms with E-state index in [-0.39, 0.29) is 22.4 Å². The first-order chi connectivity index (χ1) is 20.3. The largest absolute Gasteiger partial charge is 0.494 e. The number of aromatic nitrogens is 2. The molecule has 0 spiro atoms. The van der Waals surface area contributed by atoms with Crippen LogP contribution < -0.4 is 30.9 Å². The molecule has 1 fully saturated rings. The summed E-state index contributed by atoms with van der Waals surface area (Å²) in [4.78, 5) is 51.3. The molecule has 230 valence electrons. The molecule has 4 rings (SSSR count). The molecule has 13 heteroatoms. The van der Waals surface area contributed by atoms with Crippen LogP contribution >= 0.6 is 11.6 Å². The van der Waals surface area contributed by atoms with E-state index in [0.717, 1.165) is 11.3 Å². The number of hydrogen-bond donors (Lipinski definition) is 4. The zero-order chi connectivity index (χ0) is 31.5. The minimum atomic E-state index is -1.06. The van der Waals surface area contributed by atoms with Gasteiger partial charge in [-0.1, -0.05) is 32.4 Å². The molecule has 3 atom stereocenters. The van der Waals surface area contributed by atoms with Crippen molar-refractivity contribution in [3.8, 4) is 5.75 Å². The second kappa shape index (κ2) is 13.2. The van der Waals surface area contributed by atoms with Crippen LogP contribution in [-0.2, 0) is 14.4 Å². The van der Waals surface area contributed by atoms with Crippen molar-refractivity contribution < 1.29 is 23.5 Å². The van der Waals surface area contributed by atoms with E-state index in [9.17, 15) is 18.8 Å². The maximum atomic E-state index is 14.5. The molecule has 1 aromatic heterocycles. The van der Waals surface area contributed by atoms with Crippen LogP contribution in [-0.4, -0.2) is 66.5 Å². The van der Waals surface area contributed by atoms with Gasteiger partial charge in [0.05, 0.1) is 35.4 Å². The van der Waals surface area contributed by atoms with E-state index in [1.165, 1.54) is 31.6 Å². The lowest BCUT2D eigenvalue weighted by Crippen LogP contribution is -2.60. The Morgan fingerprint density at radius 2 is 1.93 bits per heavy atom. The number of likely N-dealkylation sites (N-methyl/N-ethyl adjacent to an activating group) is 1. The van der Waals surface area contributed by atoms with Crippen LogP contribution in [0, 0.1) is 11.2 Å². The molecule has 2 aromatic carbocycles. The number of ether oxygens (including phenoxy) is 1. The lowest BCUT2D eigenvalue weighted by molar-refractivity contribution is -0.134. The van der Waals surface area contributed by atoms with Crippen LogP contribution in [0.2, 0.25) is 5.02 Å². The summed E-state index contributed by atoms with van der Waals surface area (Å²) in [5.74, 6) is -1.47. The summed E-state index contributed by atoms with van der Waals surface area (Å²) in [6, 6.07) is 5.13. The summed E-state index contributed by atoms with van der Waals surface area (Å²) < 4.78 is 19.5. The van der Waals surface area contributed by atoms with Gasteiger partial charge in [0, 0.05) is 17.1 Å². The predicted octanol–water partition coefficient (Wildman–Crippen LogP) is 3.92. The Labute approximate surface area is 254 Å². The fraction of sp³-hybridized carbons (Fsp3) is 0.433. The van der Waals surface area contributed by atoms with Crippen molar-refractivity contribution in [3.63, 3.8) is 0 Å². The van der Waals surface area contributed by atoms with Crippen LogP contribution in [0.25, 0.3) is 10.9 Å². The highest BCUT2D eigenvalue weighted by Crippen LogP contribution is 2.38. The Kier molecular flexibility index (Phi) is 9.83. The van der Waals surface area contributed by atoms with Gasteiger partial charge in [0.1, 0.15) is 29.8 Å². The minimum Gasteiger partial charge on any atom is -0.494 e. The molecule has 3 aromatic rings. The number of halogens is 2. The number of nitrogens with one attached hydrogen (secondary N) is 4. The molecular weight excluding hydrogens is 577 g/mol. The Balaban J connectivity index is 1.87. The van der Waals surface area contributed by atoms with Crippen molar-refractivity contribution in [2.24, 2.45) is 5.41 Å². The van der Waals surface area contributed by atoms with Crippen LogP contribution in [0.3, 0.4) is 0 Å². The highest BCUT2D eigenvalue weighted by atomic mass is 35.5. The number of nitrogens with zero attached hydrogens (tertiary/aromatic N) is 3. The van der Waals surface area contributed by atoms with Gasteiger partial charge >= 0.3 is 0 Å². The van der Waals surface area contributed by atoms with E-state index >= 15 is 0 Å². The average Bonchev–Trinajstić information content (AvgIpc) is 3.52. The van der Waals surface area contributed by atoms with Crippen LogP contribution in [0.4, 0.5) is 21.6 Å². The molecule has 0 unspecified atom stereocenters. The second-order valence-corrected chi connectivity index (χ2v) is 11.9. The van der Waals surface area contributed by atoms with Gasteiger partial charge < -0.3 is 26.0 Å². The van der Waals surface area contributed by atoms with Gasteiger partial charge in [-0.15, -0.1) is 0 Å². The number of carbonyl (C=O) groups excluding carboxylic acids is 3. The quantitative estimate of drug-likeness (QED) is 0.283. The number of methoxy groups -OCH3 is 1. The van der Waals surface area contributed by atoms with E-state index < -0.39 is 41.2 Å². The normalized spacial score (nSPS) is 16.4. The topological polar surface area (TPSA) is 138 Å². The molecule has 3 amide bonds. The second-order valence-electron chi connectivity index (χ2n) is 11.5. The molecular formula is C30H37ClFN7O4. The Hall–Kier alpha value is -3.87. The lowest BCUT2D eigenvalue weighted by atomic mass is 9.85. The van der Waals surface area contributed by atoms with E-state index in [2.05, 4.69) is 31.2 Å². The van der Waals surface area contributed by atoms with Gasteiger partial charge in [0.2, 0.25) is 5.91 Å². The highest BCUT2D eigenvalue weighted by molar-refractivity contribution is 6.31. The number of anilines is 3. The number of amides is 3. The summed E-state index contributed by atoms with van der Waals surface area (Å²) in [5.41, 5.74) is 0.341. The molecule has 1 saturated heterocycles. The Bertz CT molecular complexity index is 1520. The number of benzene rings is 2. The molecule has 0 radical (unpaired) electrons. The van der Waals surface area contributed by atoms with Crippen LogP contribution in [0.15, 0.2) is 36.7 Å². The average molecular weight is 614 g/mol. The third-order valence-electron chi connectivity index (χ3n) is 7.38. The number of rotatable bonds is 9. The van der Waals surface area contributed by atoms with E-state index in [0.29, 0.717) is 35.4 Å². The summed E-state index contributed by atoms with van der Waals surface area (Å²) in [6.45, 7) is 7.77. The van der Waals surface area contributed by atoms with Gasteiger partial charge in [0.15, 0.2) is 0 Å². The van der Waals surface area contributed by atoms with Crippen molar-refractivity contribution >= 4 is 57.4 Å². The van der Waals surface area contributed by atoms with Crippen molar-refractivity contribution in [3.05, 3.63) is 47.5 Å². The molecule has 1 aliphatic heterocycles. The number of imide groups is 1. The van der Waals surface area contributed by atoms with Crippen molar-refractivity contribution in [2.45, 2.75) is 58.7 Å². The van der Waals surface area contributed by atoms with Crippen LogP contribution in [0.5, 0.6) is 5.75 Å². The summed E-state index contributed by atoms with van der Waals surface area (Å²) >= 11 is 5.98. The minimum absolute atomic E-state index is 0.0694. The standard InChI is InChI=1S/C30H37ClFN7O4/c1-16(33-5)27(40)38-25(30(2,3)4)29(42)39(28(41)21-8-7-11-34-21)23-13-18-22(14-24(23)43-6)35-15-36-26(18)37-17-9-10-20(32)19(31)12-17/h9-10,12-16,21,25,33-34H,7-8,11H2,1-6H3,(H,38,40)(H,35,36,37)/t16-,21-,25+/m0/s1. The SMILES string of the molecule is CN[C@@H](C)C(=O)N[C@H](C(=O)N(C(=O)[C@@H]1CCCN1)c1cc2c(Nc3ccc(F)c(Cl)c3)ncnc2cc1OC)C(C)(C)C. The fourth-order valence-electron chi connectivity index (χ4n) is 4.79. The van der Waals surface area contributed by atoms with Crippen molar-refractivity contribution in [2.75, 3.05) is 30.9 Å². The van der Waals surface area contributed by atoms with Crippen molar-refractivity contribution in [1.29, 1.82) is 0 Å². The molecule has 1 aliphatic rings. The van der Waals surface area contributed by atoms with Gasteiger partial charge in [0.25, 0.3) is 11.8 Å². The molecule has 2 heterocycles. The summed E-state index contributed by atoms with van der Waals surface area (Å²) in [7, 11) is 3.08. The van der Waals surface area contributed by atoms with Gasteiger partial charge in [-0.25, -0.2) is 19.3 Å². The fourth-order valence-corrected chi connectivity index (χ4v) is 4.97. The van der Waals surface area contributed by atoms with Gasteiger partial charge in [-0.3, -0.25) is 14.4 Å². The monoisotopic (exact) mass is 613 g/mol. The predicted molar refractivity (Wildman–Crippen MR) is 164 cm³/mol. The first kappa shape index (κ1) is 32.1. The first-order valence-corrected chi connectivity index (χ1v) is 14.4.